The molecular weight excluding hydrogens is 356 g/mol. The Kier molecular flexibility index (Phi) is 5.81. The third-order valence-corrected chi connectivity index (χ3v) is 4.55. The first kappa shape index (κ1) is 19.0. The van der Waals surface area contributed by atoms with E-state index in [1.54, 1.807) is 12.1 Å². The van der Waals surface area contributed by atoms with Crippen LogP contribution in [0.15, 0.2) is 42.5 Å². The Morgan fingerprint density at radius 1 is 1.11 bits per heavy atom. The lowest BCUT2D eigenvalue weighted by Crippen LogP contribution is -2.37. The van der Waals surface area contributed by atoms with Crippen LogP contribution in [0.2, 0.25) is 0 Å². The molecule has 2 N–H and O–H groups in total. The number of carboxylic acid groups (broad SMARTS) is 1. The van der Waals surface area contributed by atoms with Gasteiger partial charge in [-0.3, -0.25) is 4.79 Å². The molecule has 1 amide bonds. The van der Waals surface area contributed by atoms with Gasteiger partial charge in [-0.25, -0.2) is 13.6 Å². The van der Waals surface area contributed by atoms with E-state index in [0.717, 1.165) is 17.7 Å². The molecule has 1 saturated heterocycles. The Morgan fingerprint density at radius 3 is 2.52 bits per heavy atom. The fraction of sp³-hybridized carbons (Fsp3) is 0.300. The molecule has 1 aliphatic rings. The highest BCUT2D eigenvalue weighted by Crippen LogP contribution is 2.30. The second-order valence-corrected chi connectivity index (χ2v) is 6.43. The number of carbonyl (C=O) groups excluding carboxylic acids is 1. The summed E-state index contributed by atoms with van der Waals surface area (Å²) in [6, 6.07) is 9.65. The number of rotatable bonds is 6. The topological polar surface area (TPSA) is 75.6 Å². The molecule has 1 fully saturated rings. The maximum absolute atomic E-state index is 13.5. The number of hydrogen-bond donors (Lipinski definition) is 2. The fourth-order valence-electron chi connectivity index (χ4n) is 3.11. The molecule has 7 heteroatoms. The van der Waals surface area contributed by atoms with Gasteiger partial charge in [-0.05, 0) is 48.2 Å². The van der Waals surface area contributed by atoms with Crippen LogP contribution in [0.3, 0.4) is 0 Å². The molecule has 1 heterocycles. The molecule has 142 valence electrons. The summed E-state index contributed by atoms with van der Waals surface area (Å²) in [4.78, 5) is 23.1. The zero-order chi connectivity index (χ0) is 19.4. The van der Waals surface area contributed by atoms with Crippen molar-refractivity contribution < 1.29 is 28.2 Å². The van der Waals surface area contributed by atoms with Gasteiger partial charge >= 0.3 is 5.97 Å². The monoisotopic (exact) mass is 375 g/mol. The summed E-state index contributed by atoms with van der Waals surface area (Å²) in [5, 5.41) is 11.8. The number of carboxylic acids is 1. The maximum atomic E-state index is 13.5. The molecule has 2 aromatic rings. The molecule has 3 rings (SSSR count). The van der Waals surface area contributed by atoms with Gasteiger partial charge in [0.25, 0.3) is 0 Å². The van der Waals surface area contributed by atoms with E-state index in [-0.39, 0.29) is 23.9 Å². The van der Waals surface area contributed by atoms with Crippen LogP contribution in [-0.2, 0) is 16.0 Å². The highest BCUT2D eigenvalue weighted by Gasteiger charge is 2.31. The summed E-state index contributed by atoms with van der Waals surface area (Å²) in [6.45, 7) is 0.422. The van der Waals surface area contributed by atoms with E-state index in [1.165, 1.54) is 18.2 Å². The lowest BCUT2D eigenvalue weighted by Gasteiger charge is -2.20. The minimum atomic E-state index is -0.996. The van der Waals surface area contributed by atoms with E-state index in [1.807, 2.05) is 0 Å². The van der Waals surface area contributed by atoms with E-state index in [2.05, 4.69) is 5.32 Å². The number of nitrogens with one attached hydrogen (secondary N) is 1. The second-order valence-electron chi connectivity index (χ2n) is 6.43. The van der Waals surface area contributed by atoms with Gasteiger partial charge in [0.05, 0.1) is 11.6 Å². The van der Waals surface area contributed by atoms with E-state index >= 15 is 0 Å². The van der Waals surface area contributed by atoms with Crippen LogP contribution in [0, 0.1) is 11.6 Å². The summed E-state index contributed by atoms with van der Waals surface area (Å²) in [7, 11) is 0. The lowest BCUT2D eigenvalue weighted by molar-refractivity contribution is -0.122. The Labute approximate surface area is 155 Å². The summed E-state index contributed by atoms with van der Waals surface area (Å²) >= 11 is 0. The number of aromatic carboxylic acids is 1. The van der Waals surface area contributed by atoms with Crippen molar-refractivity contribution >= 4 is 11.9 Å². The molecule has 2 unspecified atom stereocenters. The zero-order valence-corrected chi connectivity index (χ0v) is 14.5. The average molecular weight is 375 g/mol. The van der Waals surface area contributed by atoms with Crippen molar-refractivity contribution in [3.05, 3.63) is 70.8 Å². The van der Waals surface area contributed by atoms with E-state index in [9.17, 15) is 18.4 Å². The van der Waals surface area contributed by atoms with Crippen molar-refractivity contribution in [1.82, 2.24) is 5.32 Å². The van der Waals surface area contributed by atoms with Crippen LogP contribution >= 0.6 is 0 Å². The van der Waals surface area contributed by atoms with Crippen molar-refractivity contribution in [2.45, 2.75) is 31.4 Å². The third-order valence-electron chi connectivity index (χ3n) is 4.55. The number of benzene rings is 2. The molecule has 0 bridgehead atoms. The molecule has 0 aromatic heterocycles. The third kappa shape index (κ3) is 4.68. The largest absolute Gasteiger partial charge is 0.478 e. The first-order chi connectivity index (χ1) is 12.9. The van der Waals surface area contributed by atoms with Crippen LogP contribution in [0.25, 0.3) is 0 Å². The van der Waals surface area contributed by atoms with Crippen molar-refractivity contribution in [1.29, 1.82) is 0 Å². The van der Waals surface area contributed by atoms with Gasteiger partial charge in [-0.15, -0.1) is 0 Å². The number of carbonyl (C=O) groups is 2. The van der Waals surface area contributed by atoms with Crippen LogP contribution in [-0.4, -0.2) is 29.6 Å². The molecule has 1 aliphatic heterocycles. The minimum absolute atomic E-state index is 0.180. The number of hydrogen-bond acceptors (Lipinski definition) is 3. The van der Waals surface area contributed by atoms with Crippen molar-refractivity contribution in [3.8, 4) is 0 Å². The molecule has 2 aromatic carbocycles. The number of aryl methyl sites for hydroxylation is 1. The standard InChI is InChI=1S/C20H19F2NO4/c21-15-7-6-14(11-16(15)22)19-17(9-10-27-19)23-18(24)8-3-12-1-4-13(5-2-12)20(25)26/h1-2,4-7,11,17,19H,3,8-10H2,(H,23,24)(H,25,26). The van der Waals surface area contributed by atoms with Gasteiger partial charge in [-0.1, -0.05) is 18.2 Å². The summed E-state index contributed by atoms with van der Waals surface area (Å²) in [5.41, 5.74) is 1.54. The smallest absolute Gasteiger partial charge is 0.335 e. The van der Waals surface area contributed by atoms with Crippen molar-refractivity contribution in [3.63, 3.8) is 0 Å². The molecule has 0 aliphatic carbocycles. The predicted molar refractivity (Wildman–Crippen MR) is 93.3 cm³/mol. The van der Waals surface area contributed by atoms with Crippen molar-refractivity contribution in [2.75, 3.05) is 6.61 Å². The van der Waals surface area contributed by atoms with Crippen LogP contribution in [0.1, 0.15) is 40.4 Å². The Bertz CT molecular complexity index is 838. The average Bonchev–Trinajstić information content (AvgIpc) is 3.10. The van der Waals surface area contributed by atoms with E-state index in [4.69, 9.17) is 9.84 Å². The quantitative estimate of drug-likeness (QED) is 0.813. The predicted octanol–water partition coefficient (Wildman–Crippen LogP) is 3.24. The summed E-state index contributed by atoms with van der Waals surface area (Å²) in [5.74, 6) is -3.05. The SMILES string of the molecule is O=C(CCc1ccc(C(=O)O)cc1)NC1CCOC1c1ccc(F)c(F)c1. The zero-order valence-electron chi connectivity index (χ0n) is 14.5. The Balaban J connectivity index is 1.56. The normalized spacial score (nSPS) is 19.0. The van der Waals surface area contributed by atoms with E-state index in [0.29, 0.717) is 25.0 Å². The summed E-state index contributed by atoms with van der Waals surface area (Å²) < 4.78 is 32.1. The van der Waals surface area contributed by atoms with Gasteiger partial charge in [0, 0.05) is 13.0 Å². The highest BCUT2D eigenvalue weighted by atomic mass is 19.2. The van der Waals surface area contributed by atoms with Gasteiger partial charge in [0.15, 0.2) is 11.6 Å². The van der Waals surface area contributed by atoms with Gasteiger partial charge < -0.3 is 15.2 Å². The molecule has 5 nitrogen and oxygen atoms in total. The molecule has 27 heavy (non-hydrogen) atoms. The van der Waals surface area contributed by atoms with Crippen molar-refractivity contribution in [2.24, 2.45) is 0 Å². The Morgan fingerprint density at radius 2 is 1.85 bits per heavy atom. The van der Waals surface area contributed by atoms with Crippen LogP contribution in [0.4, 0.5) is 8.78 Å². The minimum Gasteiger partial charge on any atom is -0.478 e. The van der Waals surface area contributed by atoms with Gasteiger partial charge in [0.2, 0.25) is 5.91 Å². The first-order valence-electron chi connectivity index (χ1n) is 8.62. The molecule has 0 radical (unpaired) electrons. The highest BCUT2D eigenvalue weighted by molar-refractivity contribution is 5.87. The molecule has 0 spiro atoms. The number of amides is 1. The molecule has 2 atom stereocenters. The first-order valence-corrected chi connectivity index (χ1v) is 8.62. The van der Waals surface area contributed by atoms with Crippen LogP contribution < -0.4 is 5.32 Å². The number of ether oxygens (including phenoxy) is 1. The number of halogens is 2. The molecule has 0 saturated carbocycles. The molecular formula is C20H19F2NO4. The summed E-state index contributed by atoms with van der Waals surface area (Å²) in [6.07, 6.45) is 0.768. The van der Waals surface area contributed by atoms with Crippen LogP contribution in [0.5, 0.6) is 0 Å². The van der Waals surface area contributed by atoms with Gasteiger partial charge in [0.1, 0.15) is 6.10 Å². The van der Waals surface area contributed by atoms with E-state index < -0.39 is 23.7 Å². The second kappa shape index (κ2) is 8.26. The fourth-order valence-corrected chi connectivity index (χ4v) is 3.11. The maximum Gasteiger partial charge on any atom is 0.335 e. The Hall–Kier alpha value is -2.80. The van der Waals surface area contributed by atoms with Gasteiger partial charge in [-0.2, -0.15) is 0 Å². The lowest BCUT2D eigenvalue weighted by atomic mass is 10.0.